The van der Waals surface area contributed by atoms with E-state index in [0.717, 1.165) is 34.2 Å². The summed E-state index contributed by atoms with van der Waals surface area (Å²) >= 11 is 6.48. The molecular formula is C20H20ClNO2. The van der Waals surface area contributed by atoms with Gasteiger partial charge in [0, 0.05) is 11.5 Å². The normalized spacial score (nSPS) is 24.0. The number of methoxy groups -OCH3 is 2. The topological polar surface area (TPSA) is 30.5 Å². The summed E-state index contributed by atoms with van der Waals surface area (Å²) in [5.41, 5.74) is 3.42. The van der Waals surface area contributed by atoms with Crippen LogP contribution in [0.25, 0.3) is 0 Å². The summed E-state index contributed by atoms with van der Waals surface area (Å²) < 4.78 is 11.1. The minimum atomic E-state index is 0.127. The average molecular weight is 342 g/mol. The molecule has 2 aromatic carbocycles. The Morgan fingerprint density at radius 2 is 1.83 bits per heavy atom. The highest BCUT2D eigenvalue weighted by Gasteiger charge is 2.39. The maximum Gasteiger partial charge on any atom is 0.165 e. The maximum atomic E-state index is 6.48. The van der Waals surface area contributed by atoms with E-state index in [4.69, 9.17) is 21.1 Å². The molecule has 0 aromatic heterocycles. The molecule has 2 aliphatic rings. The number of allylic oxidation sites excluding steroid dienone is 2. The Labute approximate surface area is 147 Å². The highest BCUT2D eigenvalue weighted by Crippen LogP contribution is 2.53. The second-order valence-corrected chi connectivity index (χ2v) is 6.67. The van der Waals surface area contributed by atoms with Crippen molar-refractivity contribution in [3.05, 3.63) is 64.7 Å². The van der Waals surface area contributed by atoms with Gasteiger partial charge in [-0.1, -0.05) is 48.0 Å². The zero-order chi connectivity index (χ0) is 16.7. The molecule has 124 valence electrons. The van der Waals surface area contributed by atoms with Gasteiger partial charge in [0.2, 0.25) is 0 Å². The van der Waals surface area contributed by atoms with Crippen molar-refractivity contribution in [2.45, 2.75) is 18.4 Å². The van der Waals surface area contributed by atoms with Crippen LogP contribution in [0.4, 0.5) is 5.69 Å². The lowest BCUT2D eigenvalue weighted by atomic mass is 9.77. The monoisotopic (exact) mass is 341 g/mol. The first-order valence-electron chi connectivity index (χ1n) is 8.17. The molecule has 0 amide bonds. The van der Waals surface area contributed by atoms with Gasteiger partial charge in [0.05, 0.1) is 31.0 Å². The third-order valence-electron chi connectivity index (χ3n) is 5.11. The lowest BCUT2D eigenvalue weighted by Crippen LogP contribution is -2.29. The second kappa shape index (κ2) is 6.06. The van der Waals surface area contributed by atoms with Crippen LogP contribution >= 0.6 is 11.6 Å². The molecule has 3 nitrogen and oxygen atoms in total. The van der Waals surface area contributed by atoms with Crippen LogP contribution in [0.1, 0.15) is 29.5 Å². The minimum Gasteiger partial charge on any atom is -0.493 e. The summed E-state index contributed by atoms with van der Waals surface area (Å²) in [5, 5.41) is 4.43. The number of halogens is 1. The summed E-state index contributed by atoms with van der Waals surface area (Å²) in [6, 6.07) is 12.3. The zero-order valence-electron chi connectivity index (χ0n) is 13.8. The van der Waals surface area contributed by atoms with Crippen molar-refractivity contribution in [1.82, 2.24) is 0 Å². The van der Waals surface area contributed by atoms with Gasteiger partial charge in [0.15, 0.2) is 11.5 Å². The summed E-state index contributed by atoms with van der Waals surface area (Å²) in [6.07, 6.45) is 5.61. The molecule has 24 heavy (non-hydrogen) atoms. The van der Waals surface area contributed by atoms with Gasteiger partial charge in [-0.15, -0.1) is 0 Å². The minimum absolute atomic E-state index is 0.127. The van der Waals surface area contributed by atoms with Crippen molar-refractivity contribution in [2.75, 3.05) is 19.5 Å². The maximum absolute atomic E-state index is 6.48. The van der Waals surface area contributed by atoms with E-state index in [1.165, 1.54) is 5.56 Å². The lowest BCUT2D eigenvalue weighted by molar-refractivity contribution is 0.341. The Balaban J connectivity index is 1.85. The number of rotatable bonds is 3. The van der Waals surface area contributed by atoms with Crippen molar-refractivity contribution < 1.29 is 9.47 Å². The van der Waals surface area contributed by atoms with Crippen molar-refractivity contribution in [2.24, 2.45) is 5.92 Å². The van der Waals surface area contributed by atoms with Gasteiger partial charge in [0.1, 0.15) is 0 Å². The van der Waals surface area contributed by atoms with Crippen LogP contribution in [0.3, 0.4) is 0 Å². The smallest absolute Gasteiger partial charge is 0.165 e. The molecule has 0 fully saturated rings. The molecule has 4 heteroatoms. The molecule has 0 spiro atoms. The Hall–Kier alpha value is -2.13. The molecule has 1 heterocycles. The van der Waals surface area contributed by atoms with E-state index in [-0.39, 0.29) is 6.04 Å². The summed E-state index contributed by atoms with van der Waals surface area (Å²) in [6.45, 7) is 0. The first kappa shape index (κ1) is 15.4. The predicted octanol–water partition coefficient (Wildman–Crippen LogP) is 5.18. The number of benzene rings is 2. The number of nitrogens with one attached hydrogen (secondary N) is 1. The predicted molar refractivity (Wildman–Crippen MR) is 97.3 cm³/mol. The highest BCUT2D eigenvalue weighted by atomic mass is 35.5. The fraction of sp³-hybridized carbons (Fsp3) is 0.300. The van der Waals surface area contributed by atoms with Crippen LogP contribution in [0.5, 0.6) is 11.5 Å². The van der Waals surface area contributed by atoms with E-state index in [9.17, 15) is 0 Å². The number of fused-ring (bicyclic) bond motifs is 3. The molecular weight excluding hydrogens is 322 g/mol. The Morgan fingerprint density at radius 3 is 2.62 bits per heavy atom. The molecule has 0 bridgehead atoms. The average Bonchev–Trinajstić information content (AvgIpc) is 3.10. The molecule has 1 N–H and O–H groups in total. The largest absolute Gasteiger partial charge is 0.493 e. The summed E-state index contributed by atoms with van der Waals surface area (Å²) in [4.78, 5) is 0. The van der Waals surface area contributed by atoms with Gasteiger partial charge in [-0.05, 0) is 30.0 Å². The van der Waals surface area contributed by atoms with Crippen LogP contribution in [-0.2, 0) is 0 Å². The van der Waals surface area contributed by atoms with Gasteiger partial charge < -0.3 is 14.8 Å². The Bertz CT molecular complexity index is 802. The van der Waals surface area contributed by atoms with Crippen LogP contribution < -0.4 is 14.8 Å². The third-order valence-corrected chi connectivity index (χ3v) is 5.43. The van der Waals surface area contributed by atoms with Gasteiger partial charge >= 0.3 is 0 Å². The quantitative estimate of drug-likeness (QED) is 0.780. The number of ether oxygens (including phenoxy) is 2. The molecule has 1 aliphatic heterocycles. The molecule has 2 aromatic rings. The van der Waals surface area contributed by atoms with Crippen molar-refractivity contribution in [3.8, 4) is 11.5 Å². The van der Waals surface area contributed by atoms with Crippen LogP contribution in [0, 0.1) is 5.92 Å². The van der Waals surface area contributed by atoms with Crippen molar-refractivity contribution in [1.29, 1.82) is 0 Å². The molecule has 3 atom stereocenters. The third kappa shape index (κ3) is 2.27. The van der Waals surface area contributed by atoms with Gasteiger partial charge in [-0.25, -0.2) is 0 Å². The summed E-state index contributed by atoms with van der Waals surface area (Å²) in [5.74, 6) is 2.36. The molecule has 0 unspecified atom stereocenters. The van der Waals surface area contributed by atoms with Gasteiger partial charge in [-0.2, -0.15) is 0 Å². The highest BCUT2D eigenvalue weighted by molar-refractivity contribution is 6.33. The molecule has 0 saturated heterocycles. The fourth-order valence-corrected chi connectivity index (χ4v) is 4.28. The van der Waals surface area contributed by atoms with Crippen LogP contribution in [-0.4, -0.2) is 14.2 Å². The van der Waals surface area contributed by atoms with E-state index >= 15 is 0 Å². The van der Waals surface area contributed by atoms with Gasteiger partial charge in [0.25, 0.3) is 0 Å². The Kier molecular flexibility index (Phi) is 3.89. The first-order chi connectivity index (χ1) is 11.7. The number of hydrogen-bond acceptors (Lipinski definition) is 3. The number of anilines is 1. The Morgan fingerprint density at radius 1 is 1.04 bits per heavy atom. The SMILES string of the molecule is COc1cccc([C@@H]2Nc3c(Cl)cccc3[C@H]3C=CC[C@@H]32)c1OC. The standard InChI is InChI=1S/C20H20ClNO2/c1-23-17-11-5-9-15(20(17)24-2)18-13-7-3-6-12(13)14-8-4-10-16(21)19(14)22-18/h3-6,8-13,18,22H,7H2,1-2H3/t12-,13-,18+/m0/s1. The van der Waals surface area contributed by atoms with Gasteiger partial charge in [-0.3, -0.25) is 0 Å². The van der Waals surface area contributed by atoms with Crippen molar-refractivity contribution >= 4 is 17.3 Å². The molecule has 4 rings (SSSR count). The fourth-order valence-electron chi connectivity index (χ4n) is 4.05. The zero-order valence-corrected chi connectivity index (χ0v) is 14.5. The molecule has 0 radical (unpaired) electrons. The lowest BCUT2D eigenvalue weighted by Gasteiger charge is -2.38. The molecule has 1 aliphatic carbocycles. The van der Waals surface area contributed by atoms with E-state index < -0.39 is 0 Å². The van der Waals surface area contributed by atoms with Crippen LogP contribution in [0.15, 0.2) is 48.6 Å². The van der Waals surface area contributed by atoms with E-state index in [2.05, 4.69) is 29.6 Å². The number of hydrogen-bond donors (Lipinski definition) is 1. The molecule has 0 saturated carbocycles. The van der Waals surface area contributed by atoms with Crippen molar-refractivity contribution in [3.63, 3.8) is 0 Å². The number of para-hydroxylation sites is 2. The van der Waals surface area contributed by atoms with Crippen LogP contribution in [0.2, 0.25) is 5.02 Å². The summed E-state index contributed by atoms with van der Waals surface area (Å²) in [7, 11) is 3.36. The van der Waals surface area contributed by atoms with E-state index in [1.54, 1.807) is 14.2 Å². The first-order valence-corrected chi connectivity index (χ1v) is 8.55. The van der Waals surface area contributed by atoms with E-state index in [1.807, 2.05) is 24.3 Å². The second-order valence-electron chi connectivity index (χ2n) is 6.26. The van der Waals surface area contributed by atoms with E-state index in [0.29, 0.717) is 11.8 Å².